The molecule has 2 aliphatic rings. The van der Waals surface area contributed by atoms with Crippen molar-refractivity contribution in [3.63, 3.8) is 0 Å². The van der Waals surface area contributed by atoms with Gasteiger partial charge in [-0.2, -0.15) is 5.26 Å². The van der Waals surface area contributed by atoms with Crippen LogP contribution in [0.25, 0.3) is 6.08 Å². The van der Waals surface area contributed by atoms with Crippen molar-refractivity contribution < 1.29 is 9.18 Å². The quantitative estimate of drug-likeness (QED) is 0.725. The van der Waals surface area contributed by atoms with Crippen molar-refractivity contribution in [2.24, 2.45) is 0 Å². The Morgan fingerprint density at radius 3 is 2.52 bits per heavy atom. The molecule has 4 rings (SSSR count). The summed E-state index contributed by atoms with van der Waals surface area (Å²) in [7, 11) is 0. The van der Waals surface area contributed by atoms with Crippen LogP contribution in [0, 0.1) is 17.1 Å². The maximum Gasteiger partial charge on any atom is 0.335 e. The lowest BCUT2D eigenvalue weighted by atomic mass is 9.83. The van der Waals surface area contributed by atoms with Crippen LogP contribution in [-0.2, 0) is 5.54 Å². The van der Waals surface area contributed by atoms with E-state index in [1.807, 2.05) is 30.3 Å². The Morgan fingerprint density at radius 2 is 1.84 bits per heavy atom. The molecule has 2 amide bonds. The van der Waals surface area contributed by atoms with Gasteiger partial charge in [0.1, 0.15) is 16.9 Å². The average Bonchev–Trinajstić information content (AvgIpc) is 2.85. The Labute approximate surface area is 149 Å². The van der Waals surface area contributed by atoms with Crippen LogP contribution >= 0.6 is 12.2 Å². The highest BCUT2D eigenvalue weighted by atomic mass is 32.1. The molecular formula is C19H12FN3OS. The fourth-order valence-corrected chi connectivity index (χ4v) is 3.89. The zero-order valence-corrected chi connectivity index (χ0v) is 14.0. The highest BCUT2D eigenvalue weighted by Crippen LogP contribution is 2.46. The molecule has 0 bridgehead atoms. The van der Waals surface area contributed by atoms with Crippen LogP contribution in [0.1, 0.15) is 18.1 Å². The van der Waals surface area contributed by atoms with E-state index in [0.29, 0.717) is 16.9 Å². The second kappa shape index (κ2) is 5.23. The molecular weight excluding hydrogens is 337 g/mol. The number of hydrogen-bond donors (Lipinski definition) is 0. The fourth-order valence-electron chi connectivity index (χ4n) is 3.46. The molecule has 6 heteroatoms. The second-order valence-electron chi connectivity index (χ2n) is 5.93. The van der Waals surface area contributed by atoms with E-state index in [0.717, 1.165) is 5.56 Å². The van der Waals surface area contributed by atoms with Crippen LogP contribution in [0.5, 0.6) is 0 Å². The number of amides is 2. The van der Waals surface area contributed by atoms with Crippen LogP contribution in [0.15, 0.2) is 54.2 Å². The van der Waals surface area contributed by atoms with Crippen molar-refractivity contribution in [1.82, 2.24) is 4.90 Å². The topological polar surface area (TPSA) is 47.3 Å². The molecule has 0 aromatic heterocycles. The normalized spacial score (nSPS) is 21.6. The van der Waals surface area contributed by atoms with Crippen molar-refractivity contribution >= 4 is 35.0 Å². The summed E-state index contributed by atoms with van der Waals surface area (Å²) >= 11 is 5.59. The molecule has 0 saturated carbocycles. The van der Waals surface area contributed by atoms with E-state index in [4.69, 9.17) is 12.2 Å². The summed E-state index contributed by atoms with van der Waals surface area (Å²) in [5.41, 5.74) is 1.22. The third kappa shape index (κ3) is 1.90. The molecule has 2 heterocycles. The molecule has 0 spiro atoms. The molecule has 1 saturated heterocycles. The first-order valence-electron chi connectivity index (χ1n) is 7.64. The molecule has 0 aliphatic carbocycles. The smallest absolute Gasteiger partial charge is 0.268 e. The van der Waals surface area contributed by atoms with E-state index < -0.39 is 17.4 Å². The number of rotatable bonds is 1. The number of carbonyl (C=O) groups excluding carboxylic acids is 1. The van der Waals surface area contributed by atoms with E-state index in [1.54, 1.807) is 6.92 Å². The van der Waals surface area contributed by atoms with E-state index in [9.17, 15) is 14.4 Å². The number of anilines is 1. The van der Waals surface area contributed by atoms with Crippen molar-refractivity contribution in [1.29, 1.82) is 5.26 Å². The fraction of sp³-hybridized carbons (Fsp3) is 0.105. The molecule has 2 aromatic carbocycles. The Bertz CT molecular complexity index is 992. The van der Waals surface area contributed by atoms with Gasteiger partial charge in [-0.1, -0.05) is 36.5 Å². The van der Waals surface area contributed by atoms with E-state index >= 15 is 0 Å². The van der Waals surface area contributed by atoms with Gasteiger partial charge in [0.05, 0.1) is 5.69 Å². The summed E-state index contributed by atoms with van der Waals surface area (Å²) in [6, 6.07) is 14.7. The Kier molecular flexibility index (Phi) is 3.24. The molecule has 2 aromatic rings. The van der Waals surface area contributed by atoms with Crippen LogP contribution in [0.4, 0.5) is 14.9 Å². The Balaban J connectivity index is 1.96. The SMILES string of the molecule is CC1=Cc2ccccc2C2(C#N)C(=S)N(c3ccc(F)cc3)C(=O)N12. The third-order valence-corrected chi connectivity index (χ3v) is 5.02. The zero-order valence-electron chi connectivity index (χ0n) is 13.2. The van der Waals surface area contributed by atoms with Gasteiger partial charge in [-0.15, -0.1) is 0 Å². The number of nitrogens with zero attached hydrogens (tertiary/aromatic N) is 3. The predicted molar refractivity (Wildman–Crippen MR) is 96.1 cm³/mol. The first kappa shape index (κ1) is 15.5. The highest BCUT2D eigenvalue weighted by Gasteiger charge is 2.59. The standard InChI is InChI=1S/C19H12FN3OS/c1-12-10-13-4-2-3-5-16(13)19(11-21)17(25)22(18(24)23(12)19)15-8-6-14(20)7-9-15/h2-10H,1H3. The predicted octanol–water partition coefficient (Wildman–Crippen LogP) is 4.19. The monoisotopic (exact) mass is 349 g/mol. The van der Waals surface area contributed by atoms with Gasteiger partial charge in [0.25, 0.3) is 0 Å². The number of nitriles is 1. The lowest BCUT2D eigenvalue weighted by Crippen LogP contribution is -2.46. The van der Waals surface area contributed by atoms with Crippen molar-refractivity contribution in [2.75, 3.05) is 4.90 Å². The largest absolute Gasteiger partial charge is 0.335 e. The summed E-state index contributed by atoms with van der Waals surface area (Å²) < 4.78 is 13.3. The van der Waals surface area contributed by atoms with Gasteiger partial charge < -0.3 is 0 Å². The molecule has 4 nitrogen and oxygen atoms in total. The molecule has 1 fully saturated rings. The van der Waals surface area contributed by atoms with Gasteiger partial charge in [-0.05, 0) is 42.8 Å². The summed E-state index contributed by atoms with van der Waals surface area (Å²) in [5.74, 6) is -0.407. The van der Waals surface area contributed by atoms with Crippen molar-refractivity contribution in [3.8, 4) is 6.07 Å². The number of halogens is 1. The molecule has 0 N–H and O–H groups in total. The minimum absolute atomic E-state index is 0.173. The van der Waals surface area contributed by atoms with Crippen LogP contribution in [0.2, 0.25) is 0 Å². The maximum absolute atomic E-state index is 13.3. The summed E-state index contributed by atoms with van der Waals surface area (Å²) in [5, 5.41) is 10.1. The average molecular weight is 349 g/mol. The van der Waals surface area contributed by atoms with Crippen LogP contribution in [0.3, 0.4) is 0 Å². The number of thiocarbonyl (C=S) groups is 1. The maximum atomic E-state index is 13.3. The Hall–Kier alpha value is -3.04. The first-order valence-corrected chi connectivity index (χ1v) is 8.05. The molecule has 2 aliphatic heterocycles. The molecule has 1 unspecified atom stereocenters. The minimum atomic E-state index is -1.38. The van der Waals surface area contributed by atoms with Crippen LogP contribution < -0.4 is 4.90 Å². The van der Waals surface area contributed by atoms with Gasteiger partial charge in [-0.3, -0.25) is 9.80 Å². The summed E-state index contributed by atoms with van der Waals surface area (Å²) in [6.07, 6.45) is 1.86. The lowest BCUT2D eigenvalue weighted by Gasteiger charge is -2.35. The number of carbonyl (C=O) groups is 1. The summed E-state index contributed by atoms with van der Waals surface area (Å²) in [6.45, 7) is 1.77. The first-order chi connectivity index (χ1) is 12.0. The van der Waals surface area contributed by atoms with Gasteiger partial charge in [0.2, 0.25) is 5.54 Å². The third-order valence-electron chi connectivity index (χ3n) is 4.54. The number of urea groups is 1. The number of allylic oxidation sites excluding steroid dienone is 1. The van der Waals surface area contributed by atoms with Gasteiger partial charge in [0, 0.05) is 11.3 Å². The molecule has 1 atom stereocenters. The molecule has 25 heavy (non-hydrogen) atoms. The molecule has 0 radical (unpaired) electrons. The van der Waals surface area contributed by atoms with Gasteiger partial charge >= 0.3 is 6.03 Å². The minimum Gasteiger partial charge on any atom is -0.268 e. The zero-order chi connectivity index (χ0) is 17.8. The van der Waals surface area contributed by atoms with Crippen LogP contribution in [-0.4, -0.2) is 15.9 Å². The van der Waals surface area contributed by atoms with E-state index in [-0.39, 0.29) is 4.99 Å². The lowest BCUT2D eigenvalue weighted by molar-refractivity contribution is 0.212. The van der Waals surface area contributed by atoms with Gasteiger partial charge in [0.15, 0.2) is 0 Å². The van der Waals surface area contributed by atoms with E-state index in [1.165, 1.54) is 34.1 Å². The molecule has 122 valence electrons. The number of benzene rings is 2. The second-order valence-corrected chi connectivity index (χ2v) is 6.32. The van der Waals surface area contributed by atoms with Crippen molar-refractivity contribution in [2.45, 2.75) is 12.5 Å². The van der Waals surface area contributed by atoms with E-state index in [2.05, 4.69) is 6.07 Å². The number of hydrogen-bond acceptors (Lipinski definition) is 3. The Morgan fingerprint density at radius 1 is 1.16 bits per heavy atom. The van der Waals surface area contributed by atoms with Crippen molar-refractivity contribution in [3.05, 3.63) is 71.2 Å². The van der Waals surface area contributed by atoms with Gasteiger partial charge in [-0.25, -0.2) is 9.18 Å². The number of fused-ring (bicyclic) bond motifs is 3. The summed E-state index contributed by atoms with van der Waals surface area (Å²) in [4.78, 5) is 16.0. The highest BCUT2D eigenvalue weighted by molar-refractivity contribution is 7.81.